The van der Waals surface area contributed by atoms with E-state index in [2.05, 4.69) is 39.0 Å². The molecule has 0 aromatic rings. The van der Waals surface area contributed by atoms with Crippen LogP contribution in [0.3, 0.4) is 0 Å². The summed E-state index contributed by atoms with van der Waals surface area (Å²) in [6, 6.07) is 0. The molecule has 380 valence electrons. The van der Waals surface area contributed by atoms with Crippen molar-refractivity contribution in [2.75, 3.05) is 13.2 Å². The third-order valence-corrected chi connectivity index (χ3v) is 12.1. The van der Waals surface area contributed by atoms with Crippen molar-refractivity contribution in [3.05, 3.63) is 72.9 Å². The van der Waals surface area contributed by atoms with Gasteiger partial charge in [-0.15, -0.1) is 0 Å². The molecule has 1 atom stereocenters. The predicted molar refractivity (Wildman–Crippen MR) is 284 cm³/mol. The zero-order chi connectivity index (χ0) is 47.9. The van der Waals surface area contributed by atoms with Crippen LogP contribution in [0.4, 0.5) is 0 Å². The van der Waals surface area contributed by atoms with Gasteiger partial charge < -0.3 is 14.2 Å². The van der Waals surface area contributed by atoms with Crippen molar-refractivity contribution in [1.29, 1.82) is 0 Å². The molecule has 0 heterocycles. The zero-order valence-electron chi connectivity index (χ0n) is 43.4. The monoisotopic (exact) mass is 921 g/mol. The van der Waals surface area contributed by atoms with Crippen molar-refractivity contribution < 1.29 is 28.6 Å². The minimum absolute atomic E-state index is 0.0990. The summed E-state index contributed by atoms with van der Waals surface area (Å²) in [5, 5.41) is 0. The Labute approximate surface area is 408 Å². The Morgan fingerprint density at radius 2 is 0.621 bits per heavy atom. The summed E-state index contributed by atoms with van der Waals surface area (Å²) >= 11 is 0. The van der Waals surface area contributed by atoms with Gasteiger partial charge in [0.1, 0.15) is 13.2 Å². The maximum absolute atomic E-state index is 12.8. The first-order valence-corrected chi connectivity index (χ1v) is 28.0. The van der Waals surface area contributed by atoms with Crippen LogP contribution >= 0.6 is 0 Å². The number of esters is 3. The van der Waals surface area contributed by atoms with Gasteiger partial charge in [0.05, 0.1) is 0 Å². The fraction of sp³-hybridized carbons (Fsp3) is 0.750. The van der Waals surface area contributed by atoms with E-state index in [-0.39, 0.29) is 37.5 Å². The maximum Gasteiger partial charge on any atom is 0.306 e. The largest absolute Gasteiger partial charge is 0.462 e. The number of carbonyl (C=O) groups excluding carboxylic acids is 3. The van der Waals surface area contributed by atoms with E-state index in [9.17, 15) is 14.4 Å². The Bertz CT molecular complexity index is 1240. The van der Waals surface area contributed by atoms with Crippen LogP contribution < -0.4 is 0 Å². The Hall–Kier alpha value is -3.15. The van der Waals surface area contributed by atoms with Crippen LogP contribution in [0, 0.1) is 0 Å². The third-order valence-electron chi connectivity index (χ3n) is 12.1. The van der Waals surface area contributed by atoms with E-state index in [0.29, 0.717) is 19.3 Å². The molecule has 0 aliphatic rings. The lowest BCUT2D eigenvalue weighted by molar-refractivity contribution is -0.167. The summed E-state index contributed by atoms with van der Waals surface area (Å²) in [6.45, 7) is 6.45. The van der Waals surface area contributed by atoms with Gasteiger partial charge in [-0.3, -0.25) is 14.4 Å². The molecule has 0 amide bonds. The molecule has 0 radical (unpaired) electrons. The van der Waals surface area contributed by atoms with Gasteiger partial charge in [-0.1, -0.05) is 267 Å². The Kier molecular flexibility index (Phi) is 51.9. The van der Waals surface area contributed by atoms with Gasteiger partial charge in [-0.25, -0.2) is 0 Å². The number of allylic oxidation sites excluding steroid dienone is 12. The molecule has 0 aromatic carbocycles. The van der Waals surface area contributed by atoms with Gasteiger partial charge in [0.25, 0.3) is 0 Å². The lowest BCUT2D eigenvalue weighted by Gasteiger charge is -2.18. The van der Waals surface area contributed by atoms with Crippen LogP contribution in [0.2, 0.25) is 0 Å². The van der Waals surface area contributed by atoms with Crippen molar-refractivity contribution in [3.63, 3.8) is 0 Å². The third kappa shape index (κ3) is 51.8. The molecular weight excluding hydrogens is 817 g/mol. The topological polar surface area (TPSA) is 78.9 Å². The number of carbonyl (C=O) groups is 3. The number of ether oxygens (including phenoxy) is 3. The van der Waals surface area contributed by atoms with Crippen LogP contribution in [-0.2, 0) is 28.6 Å². The minimum atomic E-state index is -0.807. The molecule has 0 rings (SSSR count). The predicted octanol–water partition coefficient (Wildman–Crippen LogP) is 18.6. The van der Waals surface area contributed by atoms with Crippen molar-refractivity contribution in [2.45, 2.75) is 277 Å². The van der Waals surface area contributed by atoms with Gasteiger partial charge in [-0.05, 0) is 57.8 Å². The average molecular weight is 921 g/mol. The maximum atomic E-state index is 12.8. The Balaban J connectivity index is 4.41. The lowest BCUT2D eigenvalue weighted by Crippen LogP contribution is -2.30. The highest BCUT2D eigenvalue weighted by molar-refractivity contribution is 5.71. The van der Waals surface area contributed by atoms with Gasteiger partial charge in [0, 0.05) is 19.3 Å². The first kappa shape index (κ1) is 62.8. The van der Waals surface area contributed by atoms with E-state index in [1.54, 1.807) is 0 Å². The van der Waals surface area contributed by atoms with Crippen LogP contribution in [0.15, 0.2) is 72.9 Å². The molecule has 0 aromatic heterocycles. The van der Waals surface area contributed by atoms with E-state index in [4.69, 9.17) is 14.2 Å². The zero-order valence-corrected chi connectivity index (χ0v) is 43.4. The fourth-order valence-corrected chi connectivity index (χ4v) is 7.88. The van der Waals surface area contributed by atoms with Crippen LogP contribution in [0.1, 0.15) is 271 Å². The van der Waals surface area contributed by atoms with Gasteiger partial charge in [0.2, 0.25) is 0 Å². The number of rotatable bonds is 50. The lowest BCUT2D eigenvalue weighted by atomic mass is 10.0. The standard InChI is InChI=1S/C60H104O6/c1-4-7-10-13-16-19-22-25-27-29-30-31-33-35-38-41-44-47-50-53-59(62)65-56-57(55-64-58(61)52-49-46-43-40-37-34-24-21-18-15-12-9-6-3)66-60(63)54-51-48-45-42-39-36-32-28-26-23-20-17-14-11-8-5-2/h9,12,15,18,21,24,28,32,34,37,40,43,57H,4-8,10-11,13-14,16-17,19-20,22-23,25-27,29-31,33,35-36,38-39,41-42,44-56H2,1-3H3/b12-9-,18-15-,24-21-,32-28-,37-34-,43-40-. The van der Waals surface area contributed by atoms with Gasteiger partial charge in [0.15, 0.2) is 6.10 Å². The second kappa shape index (κ2) is 54.5. The molecular formula is C60H104O6. The first-order valence-electron chi connectivity index (χ1n) is 28.0. The molecule has 0 aliphatic carbocycles. The summed E-state index contributed by atoms with van der Waals surface area (Å²) in [7, 11) is 0. The highest BCUT2D eigenvalue weighted by Gasteiger charge is 2.19. The SMILES string of the molecule is CC\C=C/C=C\C=C/C=C\C=C/CCCC(=O)OCC(COC(=O)CCCCCCCCCCCCCCCCCCCCC)OC(=O)CCCCCCC/C=C\CCCCCCCCC. The van der Waals surface area contributed by atoms with Crippen LogP contribution in [0.5, 0.6) is 0 Å². The average Bonchev–Trinajstić information content (AvgIpc) is 3.31. The van der Waals surface area contributed by atoms with Crippen LogP contribution in [-0.4, -0.2) is 37.2 Å². The molecule has 0 spiro atoms. The summed E-state index contributed by atoms with van der Waals surface area (Å²) in [5.74, 6) is -0.976. The number of unbranched alkanes of at least 4 members (excludes halogenated alkanes) is 31. The Morgan fingerprint density at radius 3 is 1.02 bits per heavy atom. The molecule has 66 heavy (non-hydrogen) atoms. The number of hydrogen-bond acceptors (Lipinski definition) is 6. The highest BCUT2D eigenvalue weighted by Crippen LogP contribution is 2.16. The Morgan fingerprint density at radius 1 is 0.318 bits per heavy atom. The quantitative estimate of drug-likeness (QED) is 0.0199. The molecule has 0 bridgehead atoms. The van der Waals surface area contributed by atoms with E-state index < -0.39 is 6.10 Å². The number of hydrogen-bond donors (Lipinski definition) is 0. The van der Waals surface area contributed by atoms with E-state index >= 15 is 0 Å². The first-order chi connectivity index (χ1) is 32.5. The molecule has 6 heteroatoms. The second-order valence-corrected chi connectivity index (χ2v) is 18.6. The summed E-state index contributed by atoms with van der Waals surface area (Å²) in [6.07, 6.45) is 69.0. The molecule has 0 fully saturated rings. The van der Waals surface area contributed by atoms with E-state index in [0.717, 1.165) is 64.2 Å². The van der Waals surface area contributed by atoms with Gasteiger partial charge in [-0.2, -0.15) is 0 Å². The van der Waals surface area contributed by atoms with Crippen molar-refractivity contribution >= 4 is 17.9 Å². The van der Waals surface area contributed by atoms with E-state index in [1.807, 2.05) is 54.7 Å². The molecule has 0 saturated heterocycles. The fourth-order valence-electron chi connectivity index (χ4n) is 7.88. The smallest absolute Gasteiger partial charge is 0.306 e. The molecule has 6 nitrogen and oxygen atoms in total. The normalized spacial score (nSPS) is 12.6. The summed E-state index contributed by atoms with van der Waals surface area (Å²) < 4.78 is 16.8. The molecule has 1 unspecified atom stereocenters. The molecule has 0 aliphatic heterocycles. The van der Waals surface area contributed by atoms with Crippen molar-refractivity contribution in [3.8, 4) is 0 Å². The highest BCUT2D eigenvalue weighted by atomic mass is 16.6. The minimum Gasteiger partial charge on any atom is -0.462 e. The molecule has 0 N–H and O–H groups in total. The van der Waals surface area contributed by atoms with Crippen molar-refractivity contribution in [2.24, 2.45) is 0 Å². The summed E-state index contributed by atoms with van der Waals surface area (Å²) in [4.78, 5) is 38.0. The molecule has 0 saturated carbocycles. The van der Waals surface area contributed by atoms with Crippen LogP contribution in [0.25, 0.3) is 0 Å². The summed E-state index contributed by atoms with van der Waals surface area (Å²) in [5.41, 5.74) is 0. The van der Waals surface area contributed by atoms with E-state index in [1.165, 1.54) is 161 Å². The van der Waals surface area contributed by atoms with Crippen molar-refractivity contribution in [1.82, 2.24) is 0 Å². The second-order valence-electron chi connectivity index (χ2n) is 18.6. The van der Waals surface area contributed by atoms with Gasteiger partial charge >= 0.3 is 17.9 Å².